The van der Waals surface area contributed by atoms with Crippen molar-refractivity contribution in [2.75, 3.05) is 26.4 Å². The number of fused-ring (bicyclic) bond motifs is 1. The van der Waals surface area contributed by atoms with Crippen LogP contribution in [0.4, 0.5) is 0 Å². The van der Waals surface area contributed by atoms with Crippen LogP contribution in [0.15, 0.2) is 18.2 Å². The fourth-order valence-electron chi connectivity index (χ4n) is 2.69. The molecule has 1 atom stereocenters. The van der Waals surface area contributed by atoms with Gasteiger partial charge in [-0.1, -0.05) is 6.07 Å². The Labute approximate surface area is 123 Å². The molecule has 0 bridgehead atoms. The molecule has 0 aliphatic carbocycles. The monoisotopic (exact) mass is 292 g/mol. The molecular formula is C15H20N2O4. The van der Waals surface area contributed by atoms with Gasteiger partial charge in [0, 0.05) is 13.1 Å². The molecule has 6 heteroatoms. The van der Waals surface area contributed by atoms with Crippen LogP contribution in [-0.2, 0) is 11.3 Å². The van der Waals surface area contributed by atoms with E-state index in [1.165, 1.54) is 0 Å². The third kappa shape index (κ3) is 3.65. The van der Waals surface area contributed by atoms with Crippen LogP contribution in [0.2, 0.25) is 0 Å². The third-order valence-electron chi connectivity index (χ3n) is 3.77. The summed E-state index contributed by atoms with van der Waals surface area (Å²) in [5.41, 5.74) is 0.978. The van der Waals surface area contributed by atoms with Gasteiger partial charge in [0.25, 0.3) is 0 Å². The molecule has 2 aliphatic rings. The molecule has 3 rings (SSSR count). The molecular weight excluding hydrogens is 272 g/mol. The van der Waals surface area contributed by atoms with Crippen molar-refractivity contribution < 1.29 is 19.4 Å². The van der Waals surface area contributed by atoms with E-state index in [-0.39, 0.29) is 18.8 Å². The second-order valence-electron chi connectivity index (χ2n) is 5.50. The Morgan fingerprint density at radius 3 is 3.10 bits per heavy atom. The van der Waals surface area contributed by atoms with Crippen LogP contribution in [0.25, 0.3) is 0 Å². The number of aliphatic hydroxyl groups excluding tert-OH is 1. The van der Waals surface area contributed by atoms with Gasteiger partial charge in [-0.3, -0.25) is 9.69 Å². The molecule has 0 radical (unpaired) electrons. The molecule has 0 aromatic heterocycles. The first-order chi connectivity index (χ1) is 10.2. The Hall–Kier alpha value is -1.79. The molecule has 6 nitrogen and oxygen atoms in total. The number of benzene rings is 1. The van der Waals surface area contributed by atoms with E-state index in [1.54, 1.807) is 0 Å². The summed E-state index contributed by atoms with van der Waals surface area (Å²) in [6, 6.07) is 5.65. The maximum Gasteiger partial charge on any atom is 0.234 e. The molecule has 1 aromatic carbocycles. The van der Waals surface area contributed by atoms with Crippen LogP contribution < -0.4 is 14.8 Å². The summed E-state index contributed by atoms with van der Waals surface area (Å²) in [6.07, 6.45) is 1.46. The van der Waals surface area contributed by atoms with Gasteiger partial charge in [-0.05, 0) is 37.1 Å². The van der Waals surface area contributed by atoms with Gasteiger partial charge >= 0.3 is 0 Å². The highest BCUT2D eigenvalue weighted by atomic mass is 16.7. The number of rotatable bonds is 4. The first-order valence-electron chi connectivity index (χ1n) is 7.26. The number of nitrogens with one attached hydrogen (secondary N) is 1. The summed E-state index contributed by atoms with van der Waals surface area (Å²) in [5, 5.41) is 12.5. The van der Waals surface area contributed by atoms with Crippen molar-refractivity contribution in [3.8, 4) is 11.5 Å². The lowest BCUT2D eigenvalue weighted by Gasteiger charge is -2.29. The van der Waals surface area contributed by atoms with Crippen LogP contribution in [-0.4, -0.2) is 48.4 Å². The summed E-state index contributed by atoms with van der Waals surface area (Å²) in [6.45, 7) is 2.50. The van der Waals surface area contributed by atoms with Gasteiger partial charge in [0.1, 0.15) is 0 Å². The number of piperidine rings is 1. The number of hydrogen-bond acceptors (Lipinski definition) is 5. The average Bonchev–Trinajstić information content (AvgIpc) is 2.92. The molecule has 2 aliphatic heterocycles. The number of β-amino-alcohol motifs (C(OH)–C–C–N with tert-alkyl or cyclic N) is 1. The van der Waals surface area contributed by atoms with Crippen LogP contribution in [0.5, 0.6) is 11.5 Å². The first kappa shape index (κ1) is 14.2. The topological polar surface area (TPSA) is 71.0 Å². The average molecular weight is 292 g/mol. The number of amides is 1. The largest absolute Gasteiger partial charge is 0.454 e. The summed E-state index contributed by atoms with van der Waals surface area (Å²) < 4.78 is 10.6. The molecule has 0 saturated carbocycles. The van der Waals surface area contributed by atoms with E-state index in [4.69, 9.17) is 9.47 Å². The van der Waals surface area contributed by atoms with Gasteiger partial charge in [0.15, 0.2) is 11.5 Å². The van der Waals surface area contributed by atoms with Gasteiger partial charge in [-0.15, -0.1) is 0 Å². The molecule has 1 unspecified atom stereocenters. The van der Waals surface area contributed by atoms with Crippen molar-refractivity contribution in [1.82, 2.24) is 10.2 Å². The maximum absolute atomic E-state index is 11.9. The molecule has 114 valence electrons. The Kier molecular flexibility index (Phi) is 4.26. The van der Waals surface area contributed by atoms with Crippen molar-refractivity contribution in [3.63, 3.8) is 0 Å². The molecule has 2 N–H and O–H groups in total. The minimum absolute atomic E-state index is 0.0261. The first-order valence-corrected chi connectivity index (χ1v) is 7.26. The Morgan fingerprint density at radius 1 is 1.38 bits per heavy atom. The van der Waals surface area contributed by atoms with Gasteiger partial charge in [0.2, 0.25) is 12.7 Å². The number of ether oxygens (including phenoxy) is 2. The highest BCUT2D eigenvalue weighted by molar-refractivity contribution is 5.78. The van der Waals surface area contributed by atoms with E-state index in [0.29, 0.717) is 19.6 Å². The number of aliphatic hydroxyl groups is 1. The minimum atomic E-state index is -0.305. The lowest BCUT2D eigenvalue weighted by atomic mass is 10.1. The fourth-order valence-corrected chi connectivity index (χ4v) is 2.69. The van der Waals surface area contributed by atoms with Crippen molar-refractivity contribution >= 4 is 5.91 Å². The Balaban J connectivity index is 1.47. The molecule has 1 saturated heterocycles. The van der Waals surface area contributed by atoms with E-state index in [1.807, 2.05) is 23.1 Å². The highest BCUT2D eigenvalue weighted by Crippen LogP contribution is 2.32. The fraction of sp³-hybridized carbons (Fsp3) is 0.533. The predicted octanol–water partition coefficient (Wildman–Crippen LogP) is 0.488. The second kappa shape index (κ2) is 6.32. The van der Waals surface area contributed by atoms with Crippen molar-refractivity contribution in [1.29, 1.82) is 0 Å². The molecule has 21 heavy (non-hydrogen) atoms. The minimum Gasteiger partial charge on any atom is -0.454 e. The Bertz CT molecular complexity index is 520. The van der Waals surface area contributed by atoms with E-state index < -0.39 is 0 Å². The zero-order chi connectivity index (χ0) is 14.7. The van der Waals surface area contributed by atoms with Crippen LogP contribution in [0, 0.1) is 0 Å². The van der Waals surface area contributed by atoms with Crippen LogP contribution in [0.1, 0.15) is 18.4 Å². The zero-order valence-corrected chi connectivity index (χ0v) is 11.9. The second-order valence-corrected chi connectivity index (χ2v) is 5.50. The van der Waals surface area contributed by atoms with E-state index >= 15 is 0 Å². The van der Waals surface area contributed by atoms with Crippen LogP contribution in [0.3, 0.4) is 0 Å². The van der Waals surface area contributed by atoms with Gasteiger partial charge < -0.3 is 19.9 Å². The molecule has 2 heterocycles. The van der Waals surface area contributed by atoms with Gasteiger partial charge in [-0.2, -0.15) is 0 Å². The lowest BCUT2D eigenvalue weighted by molar-refractivity contribution is -0.123. The predicted molar refractivity (Wildman–Crippen MR) is 76.1 cm³/mol. The molecule has 1 amide bonds. The number of carbonyl (C=O) groups is 1. The lowest BCUT2D eigenvalue weighted by Crippen LogP contribution is -2.44. The highest BCUT2D eigenvalue weighted by Gasteiger charge is 2.19. The Morgan fingerprint density at radius 2 is 2.24 bits per heavy atom. The third-order valence-corrected chi connectivity index (χ3v) is 3.77. The summed E-state index contributed by atoms with van der Waals surface area (Å²) in [5.74, 6) is 1.44. The number of hydrogen-bond donors (Lipinski definition) is 2. The maximum atomic E-state index is 11.9. The number of likely N-dealkylation sites (tertiary alicyclic amines) is 1. The van der Waals surface area contributed by atoms with Crippen molar-refractivity contribution in [2.24, 2.45) is 0 Å². The molecule has 1 fully saturated rings. The van der Waals surface area contributed by atoms with E-state index in [2.05, 4.69) is 5.32 Å². The van der Waals surface area contributed by atoms with Crippen LogP contribution >= 0.6 is 0 Å². The van der Waals surface area contributed by atoms with Crippen molar-refractivity contribution in [2.45, 2.75) is 25.5 Å². The zero-order valence-electron chi connectivity index (χ0n) is 11.9. The van der Waals surface area contributed by atoms with Gasteiger partial charge in [-0.25, -0.2) is 0 Å². The van der Waals surface area contributed by atoms with E-state index in [9.17, 15) is 9.90 Å². The quantitative estimate of drug-likeness (QED) is 0.845. The summed E-state index contributed by atoms with van der Waals surface area (Å²) in [7, 11) is 0. The van der Waals surface area contributed by atoms with Crippen molar-refractivity contribution in [3.05, 3.63) is 23.8 Å². The normalized spacial score (nSPS) is 21.3. The standard InChI is InChI=1S/C15H20N2O4/c18-12-2-1-5-17(8-12)9-15(19)16-7-11-3-4-13-14(6-11)21-10-20-13/h3-4,6,12,18H,1-2,5,7-10H2,(H,16,19). The molecule has 1 aromatic rings. The smallest absolute Gasteiger partial charge is 0.234 e. The number of nitrogens with zero attached hydrogens (tertiary/aromatic N) is 1. The SMILES string of the molecule is O=C(CN1CCCC(O)C1)NCc1ccc2c(c1)OCO2. The van der Waals surface area contributed by atoms with Gasteiger partial charge in [0.05, 0.1) is 12.6 Å². The number of carbonyl (C=O) groups excluding carboxylic acids is 1. The van der Waals surface area contributed by atoms with E-state index in [0.717, 1.165) is 36.4 Å². The summed E-state index contributed by atoms with van der Waals surface area (Å²) >= 11 is 0. The summed E-state index contributed by atoms with van der Waals surface area (Å²) in [4.78, 5) is 13.9. The molecule has 0 spiro atoms.